The average molecular weight is 496 g/mol. The number of aliphatic carboxylic acids is 1. The molecule has 1 heterocycles. The van der Waals surface area contributed by atoms with Crippen LogP contribution in [0.25, 0.3) is 0 Å². The highest BCUT2D eigenvalue weighted by Gasteiger charge is 2.60. The number of alkyl halides is 6. The number of carboxylic acid groups (broad SMARTS) is 1. The van der Waals surface area contributed by atoms with Gasteiger partial charge in [0.15, 0.2) is 0 Å². The lowest BCUT2D eigenvalue weighted by Crippen LogP contribution is -2.52. The molecular formula is C22H26F6N2O4. The Morgan fingerprint density at radius 1 is 1.03 bits per heavy atom. The van der Waals surface area contributed by atoms with E-state index in [9.17, 15) is 41.0 Å². The molecule has 2 aliphatic rings. The Hall–Kier alpha value is -2.50. The monoisotopic (exact) mass is 496 g/mol. The van der Waals surface area contributed by atoms with Gasteiger partial charge in [-0.3, -0.25) is 9.69 Å². The van der Waals surface area contributed by atoms with E-state index < -0.39 is 35.9 Å². The molecule has 1 amide bonds. The van der Waals surface area contributed by atoms with E-state index in [2.05, 4.69) is 4.74 Å². The SMILES string of the molecule is Cc1ccc(CN2CCN(C(=O)OC(C(F)(F)F)C(F)(F)F)CC2)c(C2(C(=O)O)CCCC2)c1. The maximum absolute atomic E-state index is 12.7. The Morgan fingerprint density at radius 3 is 2.09 bits per heavy atom. The summed E-state index contributed by atoms with van der Waals surface area (Å²) in [4.78, 5) is 26.9. The highest BCUT2D eigenvalue weighted by atomic mass is 19.4. The third-order valence-electron chi connectivity index (χ3n) is 6.49. The third kappa shape index (κ3) is 5.59. The van der Waals surface area contributed by atoms with Crippen molar-refractivity contribution in [3.05, 3.63) is 34.9 Å². The van der Waals surface area contributed by atoms with Crippen molar-refractivity contribution >= 4 is 12.1 Å². The summed E-state index contributed by atoms with van der Waals surface area (Å²) in [5.41, 5.74) is 1.48. The molecule has 6 nitrogen and oxygen atoms in total. The van der Waals surface area contributed by atoms with Gasteiger partial charge in [0.25, 0.3) is 6.10 Å². The van der Waals surface area contributed by atoms with Gasteiger partial charge < -0.3 is 14.7 Å². The van der Waals surface area contributed by atoms with E-state index in [-0.39, 0.29) is 26.2 Å². The van der Waals surface area contributed by atoms with Crippen LogP contribution in [0.2, 0.25) is 0 Å². The number of piperazine rings is 1. The second kappa shape index (κ2) is 9.63. The molecule has 0 atom stereocenters. The first-order chi connectivity index (χ1) is 15.7. The molecule has 12 heteroatoms. The Kier molecular flexibility index (Phi) is 7.40. The van der Waals surface area contributed by atoms with Crippen LogP contribution in [0.3, 0.4) is 0 Å². The van der Waals surface area contributed by atoms with Gasteiger partial charge in [-0.05, 0) is 30.9 Å². The lowest BCUT2D eigenvalue weighted by atomic mass is 9.76. The van der Waals surface area contributed by atoms with Gasteiger partial charge in [0, 0.05) is 32.7 Å². The summed E-state index contributed by atoms with van der Waals surface area (Å²) in [6.07, 6.45) is -14.7. The second-order valence-electron chi connectivity index (χ2n) is 8.87. The highest BCUT2D eigenvalue weighted by molar-refractivity contribution is 5.82. The van der Waals surface area contributed by atoms with Crippen LogP contribution in [0, 0.1) is 6.92 Å². The molecule has 1 saturated carbocycles. The zero-order valence-corrected chi connectivity index (χ0v) is 18.5. The van der Waals surface area contributed by atoms with Crippen molar-refractivity contribution in [2.45, 2.75) is 63.0 Å². The number of halogens is 6. The Bertz CT molecular complexity index is 890. The van der Waals surface area contributed by atoms with E-state index in [4.69, 9.17) is 0 Å². The van der Waals surface area contributed by atoms with Crippen LogP contribution in [0.5, 0.6) is 0 Å². The number of carbonyl (C=O) groups is 2. The first kappa shape index (κ1) is 26.1. The highest BCUT2D eigenvalue weighted by Crippen LogP contribution is 2.43. The largest absolute Gasteiger partial charge is 0.481 e. The predicted molar refractivity (Wildman–Crippen MR) is 108 cm³/mol. The van der Waals surface area contributed by atoms with Crippen molar-refractivity contribution in [3.63, 3.8) is 0 Å². The first-order valence-electron chi connectivity index (χ1n) is 10.9. The molecule has 3 rings (SSSR count). The zero-order valence-electron chi connectivity index (χ0n) is 18.5. The van der Waals surface area contributed by atoms with Gasteiger partial charge in [0.2, 0.25) is 0 Å². The zero-order chi connectivity index (χ0) is 25.3. The molecule has 1 saturated heterocycles. The fourth-order valence-corrected chi connectivity index (χ4v) is 4.67. The van der Waals surface area contributed by atoms with Crippen molar-refractivity contribution in [1.29, 1.82) is 0 Å². The average Bonchev–Trinajstić information content (AvgIpc) is 3.23. The number of amides is 1. The fourth-order valence-electron chi connectivity index (χ4n) is 4.67. The Balaban J connectivity index is 1.67. The lowest BCUT2D eigenvalue weighted by Gasteiger charge is -2.36. The maximum Gasteiger partial charge on any atom is 0.434 e. The Labute approximate surface area is 192 Å². The molecule has 0 radical (unpaired) electrons. The standard InChI is InChI=1S/C22H26F6N2O4/c1-14-4-5-15(16(12-14)20(18(31)32)6-2-3-7-20)13-29-8-10-30(11-9-29)19(33)34-17(21(23,24)25)22(26,27)28/h4-5,12,17H,2-3,6-11,13H2,1H3,(H,31,32). The van der Waals surface area contributed by atoms with Gasteiger partial charge >= 0.3 is 24.4 Å². The van der Waals surface area contributed by atoms with Crippen LogP contribution in [0.1, 0.15) is 42.4 Å². The molecule has 0 spiro atoms. The van der Waals surface area contributed by atoms with E-state index in [1.54, 1.807) is 0 Å². The van der Waals surface area contributed by atoms with Crippen LogP contribution in [-0.4, -0.2) is 71.6 Å². The minimum atomic E-state index is -5.77. The van der Waals surface area contributed by atoms with Crippen molar-refractivity contribution in [2.24, 2.45) is 0 Å². The summed E-state index contributed by atoms with van der Waals surface area (Å²) >= 11 is 0. The topological polar surface area (TPSA) is 70.1 Å². The van der Waals surface area contributed by atoms with Gasteiger partial charge in [-0.15, -0.1) is 0 Å². The molecule has 0 aromatic heterocycles. The number of ether oxygens (including phenoxy) is 1. The number of hydrogen-bond acceptors (Lipinski definition) is 4. The molecule has 0 bridgehead atoms. The van der Waals surface area contributed by atoms with Crippen molar-refractivity contribution in [2.75, 3.05) is 26.2 Å². The van der Waals surface area contributed by atoms with E-state index in [1.165, 1.54) is 0 Å². The summed E-state index contributed by atoms with van der Waals surface area (Å²) in [5, 5.41) is 9.99. The number of hydrogen-bond donors (Lipinski definition) is 1. The molecule has 1 aromatic rings. The summed E-state index contributed by atoms with van der Waals surface area (Å²) in [6.45, 7) is 2.36. The molecule has 34 heavy (non-hydrogen) atoms. The lowest BCUT2D eigenvalue weighted by molar-refractivity contribution is -0.308. The van der Waals surface area contributed by atoms with E-state index >= 15 is 0 Å². The van der Waals surface area contributed by atoms with Gasteiger partial charge in [-0.25, -0.2) is 4.79 Å². The summed E-state index contributed by atoms with van der Waals surface area (Å²) in [7, 11) is 0. The maximum atomic E-state index is 12.7. The molecule has 1 aliphatic heterocycles. The summed E-state index contributed by atoms with van der Waals surface area (Å²) < 4.78 is 79.8. The minimum Gasteiger partial charge on any atom is -0.481 e. The molecule has 1 aromatic carbocycles. The van der Waals surface area contributed by atoms with Crippen LogP contribution in [0.15, 0.2) is 18.2 Å². The van der Waals surface area contributed by atoms with E-state index in [0.717, 1.165) is 34.4 Å². The van der Waals surface area contributed by atoms with Gasteiger partial charge in [0.1, 0.15) is 0 Å². The summed E-state index contributed by atoms with van der Waals surface area (Å²) in [5.74, 6) is -0.881. The number of carboxylic acids is 1. The molecule has 190 valence electrons. The van der Waals surface area contributed by atoms with Crippen LogP contribution in [-0.2, 0) is 21.5 Å². The van der Waals surface area contributed by atoms with Crippen LogP contribution in [0.4, 0.5) is 31.1 Å². The fraction of sp³-hybridized carbons (Fsp3) is 0.636. The van der Waals surface area contributed by atoms with Crippen LogP contribution >= 0.6 is 0 Å². The van der Waals surface area contributed by atoms with Crippen molar-refractivity contribution in [1.82, 2.24) is 9.80 Å². The third-order valence-corrected chi connectivity index (χ3v) is 6.49. The number of rotatable bonds is 5. The molecule has 0 unspecified atom stereocenters. The van der Waals surface area contributed by atoms with E-state index in [1.807, 2.05) is 30.0 Å². The number of carbonyl (C=O) groups excluding carboxylic acids is 1. The molecule has 1 aliphatic carbocycles. The second-order valence-corrected chi connectivity index (χ2v) is 8.87. The minimum absolute atomic E-state index is 0.119. The number of aryl methyl sites for hydroxylation is 1. The smallest absolute Gasteiger partial charge is 0.434 e. The van der Waals surface area contributed by atoms with Crippen molar-refractivity contribution < 1.29 is 45.8 Å². The Morgan fingerprint density at radius 2 is 1.59 bits per heavy atom. The first-order valence-corrected chi connectivity index (χ1v) is 10.9. The number of benzene rings is 1. The number of nitrogens with zero attached hydrogens (tertiary/aromatic N) is 2. The van der Waals surface area contributed by atoms with Gasteiger partial charge in [0.05, 0.1) is 5.41 Å². The van der Waals surface area contributed by atoms with Gasteiger partial charge in [-0.1, -0.05) is 36.6 Å². The normalized spacial score (nSPS) is 19.5. The molecule has 2 fully saturated rings. The molecule has 1 N–H and O–H groups in total. The van der Waals surface area contributed by atoms with Gasteiger partial charge in [-0.2, -0.15) is 26.3 Å². The summed E-state index contributed by atoms with van der Waals surface area (Å²) in [6, 6.07) is 5.59. The molecular weight excluding hydrogens is 470 g/mol. The van der Waals surface area contributed by atoms with Crippen molar-refractivity contribution in [3.8, 4) is 0 Å². The quantitative estimate of drug-likeness (QED) is 0.602. The predicted octanol–water partition coefficient (Wildman–Crippen LogP) is 4.64. The van der Waals surface area contributed by atoms with Crippen LogP contribution < -0.4 is 0 Å². The van der Waals surface area contributed by atoms with E-state index in [0.29, 0.717) is 19.4 Å².